The van der Waals surface area contributed by atoms with Gasteiger partial charge in [0.25, 0.3) is 5.56 Å². The van der Waals surface area contributed by atoms with Gasteiger partial charge in [0.2, 0.25) is 5.95 Å². The third-order valence-corrected chi connectivity index (χ3v) is 7.12. The van der Waals surface area contributed by atoms with Crippen LogP contribution in [0.3, 0.4) is 0 Å². The van der Waals surface area contributed by atoms with Crippen molar-refractivity contribution in [3.63, 3.8) is 0 Å². The molecule has 5 rings (SSSR count). The normalized spacial score (nSPS) is 14.9. The van der Waals surface area contributed by atoms with E-state index in [1.807, 2.05) is 4.90 Å². The Morgan fingerprint density at radius 3 is 2.45 bits per heavy atom. The number of hydrogen-bond acceptors (Lipinski definition) is 10. The van der Waals surface area contributed by atoms with Gasteiger partial charge in [0.15, 0.2) is 5.82 Å². The molecule has 1 saturated heterocycles. The first kappa shape index (κ1) is 30.8. The highest BCUT2D eigenvalue weighted by molar-refractivity contribution is 5.50. The van der Waals surface area contributed by atoms with Gasteiger partial charge in [-0.15, -0.1) is 5.10 Å². The monoisotopic (exact) mass is 617 g/mol. The highest BCUT2D eigenvalue weighted by atomic mass is 19.4. The number of nitrogens with zero attached hydrogens (tertiary/aromatic N) is 8. The van der Waals surface area contributed by atoms with Crippen LogP contribution in [0.25, 0.3) is 0 Å². The molecule has 1 N–H and O–H groups in total. The van der Waals surface area contributed by atoms with Gasteiger partial charge in [0, 0.05) is 19.1 Å². The fourth-order valence-corrected chi connectivity index (χ4v) is 4.89. The molecule has 0 radical (unpaired) electrons. The van der Waals surface area contributed by atoms with Gasteiger partial charge in [0.05, 0.1) is 63.4 Å². The number of anilines is 2. The van der Waals surface area contributed by atoms with E-state index in [0.717, 1.165) is 36.1 Å². The van der Waals surface area contributed by atoms with Crippen molar-refractivity contribution in [1.29, 1.82) is 0 Å². The Balaban J connectivity index is 1.14. The van der Waals surface area contributed by atoms with E-state index in [0.29, 0.717) is 36.0 Å². The Bertz CT molecular complexity index is 1590. The first-order valence-electron chi connectivity index (χ1n) is 13.9. The molecule has 16 heteroatoms. The lowest BCUT2D eigenvalue weighted by molar-refractivity contribution is -0.138. The summed E-state index contributed by atoms with van der Waals surface area (Å²) < 4.78 is 68.3. The van der Waals surface area contributed by atoms with E-state index in [9.17, 15) is 22.4 Å². The number of nitrogens with one attached hydrogen (secondary N) is 1. The van der Waals surface area contributed by atoms with Gasteiger partial charge in [-0.25, -0.2) is 23.7 Å². The maximum atomic E-state index is 14.0. The largest absolute Gasteiger partial charge is 0.497 e. The Morgan fingerprint density at radius 2 is 1.80 bits per heavy atom. The van der Waals surface area contributed by atoms with Crippen molar-refractivity contribution < 1.29 is 27.0 Å². The summed E-state index contributed by atoms with van der Waals surface area (Å²) in [5.74, 6) is 0.579. The lowest BCUT2D eigenvalue weighted by Gasteiger charge is -2.31. The predicted octanol–water partition coefficient (Wildman–Crippen LogP) is 3.70. The van der Waals surface area contributed by atoms with Gasteiger partial charge in [-0.05, 0) is 37.5 Å². The van der Waals surface area contributed by atoms with Crippen molar-refractivity contribution in [2.45, 2.75) is 51.2 Å². The number of benzene rings is 1. The summed E-state index contributed by atoms with van der Waals surface area (Å²) in [7, 11) is 1.50. The quantitative estimate of drug-likeness (QED) is 0.249. The molecule has 3 aromatic heterocycles. The number of hydrogen-bond donors (Lipinski definition) is 1. The molecule has 1 aliphatic heterocycles. The molecule has 0 aliphatic carbocycles. The smallest absolute Gasteiger partial charge is 0.423 e. The summed E-state index contributed by atoms with van der Waals surface area (Å²) >= 11 is 0. The molecule has 1 fully saturated rings. The molecule has 0 spiro atoms. The van der Waals surface area contributed by atoms with Crippen molar-refractivity contribution in [2.75, 3.05) is 37.0 Å². The lowest BCUT2D eigenvalue weighted by Crippen LogP contribution is -2.35. The lowest BCUT2D eigenvalue weighted by atomic mass is 10.1. The molecule has 4 aromatic rings. The van der Waals surface area contributed by atoms with Crippen LogP contribution in [0.5, 0.6) is 5.75 Å². The number of aromatic nitrogens is 7. The molecule has 44 heavy (non-hydrogen) atoms. The summed E-state index contributed by atoms with van der Waals surface area (Å²) in [5.41, 5.74) is -1.84. The van der Waals surface area contributed by atoms with Gasteiger partial charge < -0.3 is 19.7 Å². The van der Waals surface area contributed by atoms with Crippen molar-refractivity contribution in [3.05, 3.63) is 82.0 Å². The molecule has 12 nitrogen and oxygen atoms in total. The molecule has 0 bridgehead atoms. The molecule has 4 heterocycles. The predicted molar refractivity (Wildman–Crippen MR) is 151 cm³/mol. The minimum atomic E-state index is -4.90. The van der Waals surface area contributed by atoms with E-state index in [4.69, 9.17) is 9.47 Å². The van der Waals surface area contributed by atoms with Crippen LogP contribution in [0.4, 0.5) is 29.2 Å². The molecule has 1 aromatic carbocycles. The van der Waals surface area contributed by atoms with E-state index in [1.54, 1.807) is 42.1 Å². The average Bonchev–Trinajstić information content (AvgIpc) is 3.48. The average molecular weight is 618 g/mol. The van der Waals surface area contributed by atoms with Crippen LogP contribution in [0, 0.1) is 5.82 Å². The van der Waals surface area contributed by atoms with Crippen LogP contribution < -0.4 is 20.5 Å². The zero-order valence-electron chi connectivity index (χ0n) is 24.0. The van der Waals surface area contributed by atoms with Crippen molar-refractivity contribution in [1.82, 2.24) is 34.7 Å². The highest BCUT2D eigenvalue weighted by Gasteiger charge is 2.38. The van der Waals surface area contributed by atoms with Crippen LogP contribution in [0.2, 0.25) is 0 Å². The second-order valence-electron chi connectivity index (χ2n) is 10.4. The third-order valence-electron chi connectivity index (χ3n) is 7.12. The van der Waals surface area contributed by atoms with Gasteiger partial charge in [0.1, 0.15) is 17.0 Å². The van der Waals surface area contributed by atoms with Gasteiger partial charge in [-0.3, -0.25) is 4.79 Å². The standard InChI is InChI=1S/C28H31F4N9O3/c1-18(36-24-13-35-41(26(42)25(24)28(30,31)32)14-19-3-5-23(43-2)6-4-19)16-44-17-21-15-40(38-37-21)22-7-9-39(10-8-22)27-33-11-20(29)12-34-27/h3-6,11-13,15,18,22,36H,7-10,14,16-17H2,1-2H3. The van der Waals surface area contributed by atoms with Gasteiger partial charge in [-0.2, -0.15) is 18.3 Å². The number of rotatable bonds is 11. The first-order chi connectivity index (χ1) is 21.1. The van der Waals surface area contributed by atoms with E-state index >= 15 is 0 Å². The highest BCUT2D eigenvalue weighted by Crippen LogP contribution is 2.32. The SMILES string of the molecule is COc1ccc(Cn2ncc(NC(C)COCc3cn(C4CCN(c5ncc(F)cn5)CC4)nn3)c(C(F)(F)F)c2=O)cc1. The number of alkyl halides is 3. The zero-order valence-corrected chi connectivity index (χ0v) is 24.0. The molecule has 0 saturated carbocycles. The Morgan fingerprint density at radius 1 is 1.09 bits per heavy atom. The summed E-state index contributed by atoms with van der Waals surface area (Å²) in [4.78, 5) is 22.9. The van der Waals surface area contributed by atoms with Crippen LogP contribution >= 0.6 is 0 Å². The van der Waals surface area contributed by atoms with E-state index in [1.165, 1.54) is 7.11 Å². The minimum Gasteiger partial charge on any atom is -0.497 e. The molecule has 0 amide bonds. The zero-order chi connectivity index (χ0) is 31.3. The number of methoxy groups -OCH3 is 1. The number of halogens is 4. The summed E-state index contributed by atoms with van der Waals surface area (Å²) in [6.07, 6.45) is 1.69. The van der Waals surface area contributed by atoms with E-state index in [-0.39, 0.29) is 25.8 Å². The molecule has 234 valence electrons. The third kappa shape index (κ3) is 7.48. The number of ether oxygens (including phenoxy) is 2. The van der Waals surface area contributed by atoms with Crippen LogP contribution in [-0.4, -0.2) is 67.6 Å². The van der Waals surface area contributed by atoms with Gasteiger partial charge in [-0.1, -0.05) is 17.3 Å². The Hall–Kier alpha value is -4.60. The molecule has 1 atom stereocenters. The molecular formula is C28H31F4N9O3. The van der Waals surface area contributed by atoms with Crippen molar-refractivity contribution >= 4 is 11.6 Å². The van der Waals surface area contributed by atoms with Crippen LogP contribution in [-0.2, 0) is 24.1 Å². The van der Waals surface area contributed by atoms with Crippen molar-refractivity contribution in [3.8, 4) is 5.75 Å². The molecule has 1 aliphatic rings. The maximum Gasteiger partial charge on any atom is 0.423 e. The first-order valence-corrected chi connectivity index (χ1v) is 13.9. The maximum absolute atomic E-state index is 14.0. The van der Waals surface area contributed by atoms with Crippen LogP contribution in [0.1, 0.15) is 42.6 Å². The second kappa shape index (κ2) is 13.4. The topological polar surface area (TPSA) is 125 Å². The molecular weight excluding hydrogens is 586 g/mol. The Kier molecular flexibility index (Phi) is 9.37. The summed E-state index contributed by atoms with van der Waals surface area (Å²) in [5, 5.41) is 15.0. The summed E-state index contributed by atoms with van der Waals surface area (Å²) in [6, 6.07) is 6.13. The van der Waals surface area contributed by atoms with E-state index < -0.39 is 34.8 Å². The van der Waals surface area contributed by atoms with Gasteiger partial charge >= 0.3 is 6.18 Å². The van der Waals surface area contributed by atoms with Crippen molar-refractivity contribution in [2.24, 2.45) is 0 Å². The second-order valence-corrected chi connectivity index (χ2v) is 10.4. The van der Waals surface area contributed by atoms with Crippen LogP contribution in [0.15, 0.2) is 53.8 Å². The molecule has 1 unspecified atom stereocenters. The fourth-order valence-electron chi connectivity index (χ4n) is 4.89. The summed E-state index contributed by atoms with van der Waals surface area (Å²) in [6.45, 7) is 2.99. The minimum absolute atomic E-state index is 0.0369. The number of piperidine rings is 1. The van der Waals surface area contributed by atoms with E-state index in [2.05, 4.69) is 30.7 Å². The Labute approximate surface area is 249 Å². The fraction of sp³-hybridized carbons (Fsp3) is 0.429.